The maximum absolute atomic E-state index is 12.4. The maximum atomic E-state index is 12.4. The Morgan fingerprint density at radius 1 is 1.08 bits per heavy atom. The maximum Gasteiger partial charge on any atom is 0.307 e. The van der Waals surface area contributed by atoms with Crippen molar-refractivity contribution in [3.63, 3.8) is 0 Å². The fraction of sp³-hybridized carbons (Fsp3) is 0.345. The molecule has 0 aromatic heterocycles. The molecule has 0 saturated carbocycles. The Labute approximate surface area is 221 Å². The number of carbonyl (C=O) groups excluding carboxylic acids is 2. The zero-order valence-corrected chi connectivity index (χ0v) is 22.0. The number of imide groups is 1. The van der Waals surface area contributed by atoms with Crippen LogP contribution in [-0.2, 0) is 20.8 Å². The van der Waals surface area contributed by atoms with Gasteiger partial charge in [-0.2, -0.15) is 0 Å². The number of amides is 2. The molecule has 192 valence electrons. The van der Waals surface area contributed by atoms with Crippen molar-refractivity contribution in [2.75, 3.05) is 38.1 Å². The normalized spacial score (nSPS) is 19.8. The highest BCUT2D eigenvalue weighted by Gasteiger charge is 2.32. The molecule has 3 heterocycles. The van der Waals surface area contributed by atoms with E-state index in [9.17, 15) is 19.5 Å². The second-order valence-electron chi connectivity index (χ2n) is 9.78. The highest BCUT2D eigenvalue weighted by molar-refractivity contribution is 7.99. The Kier molecular flexibility index (Phi) is 7.22. The minimum absolute atomic E-state index is 0.0123. The summed E-state index contributed by atoms with van der Waals surface area (Å²) in [5, 5.41) is 9.27. The molecular weight excluding hydrogens is 486 g/mol. The van der Waals surface area contributed by atoms with Gasteiger partial charge in [-0.05, 0) is 60.7 Å². The van der Waals surface area contributed by atoms with Gasteiger partial charge >= 0.3 is 5.97 Å². The first-order chi connectivity index (χ1) is 17.8. The minimum atomic E-state index is -0.827. The number of aliphatic carboxylic acids is 1. The number of carboxylic acids is 1. The van der Waals surface area contributed by atoms with Crippen LogP contribution in [-0.4, -0.2) is 65.9 Å². The summed E-state index contributed by atoms with van der Waals surface area (Å²) in [6.07, 6.45) is 5.57. The third-order valence-electron chi connectivity index (χ3n) is 7.34. The summed E-state index contributed by atoms with van der Waals surface area (Å²) in [7, 11) is 1.54. The van der Waals surface area contributed by atoms with Gasteiger partial charge in [-0.1, -0.05) is 36.0 Å². The molecule has 0 radical (unpaired) electrons. The van der Waals surface area contributed by atoms with Crippen LogP contribution in [0.3, 0.4) is 0 Å². The average Bonchev–Trinajstić information content (AvgIpc) is 2.89. The summed E-state index contributed by atoms with van der Waals surface area (Å²) in [5.41, 5.74) is 5.01. The molecule has 0 fully saturated rings. The summed E-state index contributed by atoms with van der Waals surface area (Å²) < 4.78 is 0. The number of carboxylic acid groups (broad SMARTS) is 1. The van der Waals surface area contributed by atoms with Crippen molar-refractivity contribution in [2.45, 2.75) is 36.0 Å². The van der Waals surface area contributed by atoms with E-state index in [4.69, 9.17) is 0 Å². The van der Waals surface area contributed by atoms with Gasteiger partial charge in [0.1, 0.15) is 0 Å². The van der Waals surface area contributed by atoms with E-state index in [0.29, 0.717) is 0 Å². The smallest absolute Gasteiger partial charge is 0.307 e. The number of benzene rings is 2. The lowest BCUT2D eigenvalue weighted by atomic mass is 9.86. The first-order valence-electron chi connectivity index (χ1n) is 12.7. The Hall–Kier alpha value is -3.36. The highest BCUT2D eigenvalue weighted by Crippen LogP contribution is 2.48. The lowest BCUT2D eigenvalue weighted by molar-refractivity contribution is -0.143. The molecule has 8 heteroatoms. The largest absolute Gasteiger partial charge is 0.481 e. The minimum Gasteiger partial charge on any atom is -0.481 e. The Morgan fingerprint density at radius 2 is 1.86 bits per heavy atom. The van der Waals surface area contributed by atoms with Crippen molar-refractivity contribution < 1.29 is 19.5 Å². The van der Waals surface area contributed by atoms with Crippen molar-refractivity contribution in [3.05, 3.63) is 71.3 Å². The van der Waals surface area contributed by atoms with Gasteiger partial charge in [-0.15, -0.1) is 0 Å². The molecule has 1 atom stereocenters. The van der Waals surface area contributed by atoms with Crippen molar-refractivity contribution in [1.29, 1.82) is 0 Å². The molecular formula is C29H31N3O4S. The van der Waals surface area contributed by atoms with Crippen molar-refractivity contribution in [1.82, 2.24) is 9.80 Å². The molecule has 2 amide bonds. The van der Waals surface area contributed by atoms with E-state index in [-0.39, 0.29) is 24.2 Å². The summed E-state index contributed by atoms with van der Waals surface area (Å²) in [6.45, 7) is 5.31. The molecule has 1 N–H and O–H groups in total. The molecule has 0 bridgehead atoms. The number of anilines is 2. The summed E-state index contributed by atoms with van der Waals surface area (Å²) in [5.74, 6) is -1.50. The van der Waals surface area contributed by atoms with Crippen LogP contribution in [0.2, 0.25) is 0 Å². The van der Waals surface area contributed by atoms with Crippen LogP contribution in [0.1, 0.15) is 25.3 Å². The standard InChI is InChI=1S/C29H31N3O4S/c1-19-22(18-27(33)30(2)29(19)36)21-10-14-31(15-11-21)12-5-13-32-23-6-3-4-7-25(23)37-26-9-8-20(16-24(26)32)17-28(34)35/h3-4,6-10,16,18-19H,5,11-15,17H2,1-2H3,(H,34,35). The molecule has 37 heavy (non-hydrogen) atoms. The first kappa shape index (κ1) is 25.3. The molecule has 3 aliphatic rings. The molecule has 5 rings (SSSR count). The number of hydrogen-bond acceptors (Lipinski definition) is 6. The van der Waals surface area contributed by atoms with Gasteiger partial charge in [0.25, 0.3) is 5.91 Å². The Balaban J connectivity index is 1.26. The molecule has 7 nitrogen and oxygen atoms in total. The van der Waals surface area contributed by atoms with Crippen LogP contribution in [0.25, 0.3) is 0 Å². The van der Waals surface area contributed by atoms with Crippen LogP contribution in [0, 0.1) is 5.92 Å². The van der Waals surface area contributed by atoms with Crippen LogP contribution >= 0.6 is 11.8 Å². The van der Waals surface area contributed by atoms with Crippen LogP contribution in [0.4, 0.5) is 11.4 Å². The summed E-state index contributed by atoms with van der Waals surface area (Å²) >= 11 is 1.73. The first-order valence-corrected chi connectivity index (χ1v) is 13.5. The van der Waals surface area contributed by atoms with E-state index in [1.54, 1.807) is 17.8 Å². The highest BCUT2D eigenvalue weighted by atomic mass is 32.2. The lowest BCUT2D eigenvalue weighted by Gasteiger charge is -2.34. The second kappa shape index (κ2) is 10.6. The monoisotopic (exact) mass is 517 g/mol. The number of fused-ring (bicyclic) bond motifs is 2. The van der Waals surface area contributed by atoms with Gasteiger partial charge < -0.3 is 10.0 Å². The van der Waals surface area contributed by atoms with E-state index in [1.807, 2.05) is 37.3 Å². The number of likely N-dealkylation sites (N-methyl/N-ethyl adjacent to an activating group) is 1. The molecule has 0 spiro atoms. The lowest BCUT2D eigenvalue weighted by Crippen LogP contribution is -2.41. The molecule has 2 aromatic carbocycles. The second-order valence-corrected chi connectivity index (χ2v) is 10.9. The number of para-hydroxylation sites is 1. The molecule has 3 aliphatic heterocycles. The van der Waals surface area contributed by atoms with E-state index < -0.39 is 5.97 Å². The van der Waals surface area contributed by atoms with Crippen LogP contribution in [0.15, 0.2) is 75.6 Å². The zero-order valence-electron chi connectivity index (χ0n) is 21.1. The van der Waals surface area contributed by atoms with Gasteiger partial charge in [0.2, 0.25) is 5.91 Å². The zero-order chi connectivity index (χ0) is 26.1. The van der Waals surface area contributed by atoms with Crippen molar-refractivity contribution in [3.8, 4) is 0 Å². The third-order valence-corrected chi connectivity index (χ3v) is 8.47. The van der Waals surface area contributed by atoms with Crippen molar-refractivity contribution in [2.24, 2.45) is 5.92 Å². The topological polar surface area (TPSA) is 81.2 Å². The van der Waals surface area contributed by atoms with Gasteiger partial charge in [0.15, 0.2) is 0 Å². The number of carbonyl (C=O) groups is 3. The van der Waals surface area contributed by atoms with Gasteiger partial charge in [-0.25, -0.2) is 0 Å². The van der Waals surface area contributed by atoms with E-state index >= 15 is 0 Å². The number of rotatable bonds is 7. The van der Waals surface area contributed by atoms with Crippen molar-refractivity contribution >= 4 is 40.9 Å². The fourth-order valence-electron chi connectivity index (χ4n) is 5.29. The van der Waals surface area contributed by atoms with E-state index in [0.717, 1.165) is 72.0 Å². The SMILES string of the molecule is CC1C(=O)N(C)C(=O)C=C1C1=CCN(CCCN2c3ccccc3Sc3ccc(CC(=O)O)cc32)CC1. The average molecular weight is 518 g/mol. The summed E-state index contributed by atoms with van der Waals surface area (Å²) in [4.78, 5) is 44.1. The predicted octanol–water partition coefficient (Wildman–Crippen LogP) is 4.50. The number of nitrogens with zero attached hydrogens (tertiary/aromatic N) is 3. The summed E-state index contributed by atoms with van der Waals surface area (Å²) in [6, 6.07) is 14.3. The van der Waals surface area contributed by atoms with Gasteiger partial charge in [0, 0.05) is 49.1 Å². The third kappa shape index (κ3) is 5.22. The number of hydrogen-bond donors (Lipinski definition) is 1. The quantitative estimate of drug-likeness (QED) is 0.542. The molecule has 2 aromatic rings. The fourth-order valence-corrected chi connectivity index (χ4v) is 6.36. The van der Waals surface area contributed by atoms with E-state index in [2.05, 4.69) is 28.0 Å². The van der Waals surface area contributed by atoms with Gasteiger partial charge in [-0.3, -0.25) is 24.2 Å². The molecule has 0 aliphatic carbocycles. The van der Waals surface area contributed by atoms with Gasteiger partial charge in [0.05, 0.1) is 23.7 Å². The molecule has 0 saturated heterocycles. The van der Waals surface area contributed by atoms with Crippen LogP contribution < -0.4 is 4.90 Å². The molecule has 1 unspecified atom stereocenters. The Bertz CT molecular complexity index is 1320. The van der Waals surface area contributed by atoms with E-state index in [1.165, 1.54) is 16.8 Å². The Morgan fingerprint density at radius 3 is 2.62 bits per heavy atom. The van der Waals surface area contributed by atoms with Crippen LogP contribution in [0.5, 0.6) is 0 Å². The predicted molar refractivity (Wildman–Crippen MR) is 144 cm³/mol.